The van der Waals surface area contributed by atoms with Crippen molar-refractivity contribution in [3.8, 4) is 16.9 Å². The summed E-state index contributed by atoms with van der Waals surface area (Å²) in [4.78, 5) is 4.26. The number of aromatic hydroxyl groups is 1. The summed E-state index contributed by atoms with van der Waals surface area (Å²) >= 11 is 1.68. The van der Waals surface area contributed by atoms with Crippen molar-refractivity contribution in [2.24, 2.45) is 0 Å². The molecule has 0 aliphatic rings. The summed E-state index contributed by atoms with van der Waals surface area (Å²) in [6, 6.07) is 9.38. The van der Waals surface area contributed by atoms with Crippen LogP contribution in [0, 0.1) is 0 Å². The molecule has 0 saturated heterocycles. The van der Waals surface area contributed by atoms with Crippen LogP contribution in [0.2, 0.25) is 0 Å². The minimum absolute atomic E-state index is 0.252. The maximum Gasteiger partial charge on any atom is 0.117 e. The quantitative estimate of drug-likeness (QED) is 0.688. The van der Waals surface area contributed by atoms with E-state index in [0.717, 1.165) is 16.5 Å². The molecular formula is C13H9NOS. The molecule has 0 unspecified atom stereocenters. The summed E-state index contributed by atoms with van der Waals surface area (Å²) in [5, 5.41) is 14.7. The van der Waals surface area contributed by atoms with Gasteiger partial charge in [-0.25, -0.2) is 0 Å². The molecule has 78 valence electrons. The smallest absolute Gasteiger partial charge is 0.117 e. The Bertz CT molecular complexity index is 631. The van der Waals surface area contributed by atoms with Gasteiger partial charge in [0, 0.05) is 17.6 Å². The molecule has 3 rings (SSSR count). The third kappa shape index (κ3) is 1.46. The Morgan fingerprint density at radius 1 is 1.12 bits per heavy atom. The molecule has 0 atom stereocenters. The average Bonchev–Trinajstić information content (AvgIpc) is 2.81. The summed E-state index contributed by atoms with van der Waals surface area (Å²) in [6.45, 7) is 0. The Morgan fingerprint density at radius 2 is 2.06 bits per heavy atom. The average molecular weight is 227 g/mol. The largest absolute Gasteiger partial charge is 0.508 e. The standard InChI is InChI=1S/C13H9NOS/c15-10-1-2-12-11(9-4-6-16-8-9)3-5-14-13(12)7-10/h1-8,15H. The third-order valence-corrected chi connectivity index (χ3v) is 3.24. The molecule has 0 spiro atoms. The Hall–Kier alpha value is -1.87. The van der Waals surface area contributed by atoms with Crippen LogP contribution >= 0.6 is 11.3 Å². The molecule has 0 fully saturated rings. The predicted octanol–water partition coefficient (Wildman–Crippen LogP) is 3.67. The molecule has 0 aliphatic carbocycles. The summed E-state index contributed by atoms with van der Waals surface area (Å²) < 4.78 is 0. The van der Waals surface area contributed by atoms with Gasteiger partial charge in [-0.3, -0.25) is 4.98 Å². The zero-order chi connectivity index (χ0) is 11.0. The molecule has 3 aromatic rings. The van der Waals surface area contributed by atoms with E-state index in [1.54, 1.807) is 29.7 Å². The highest BCUT2D eigenvalue weighted by molar-refractivity contribution is 7.08. The van der Waals surface area contributed by atoms with Crippen LogP contribution in [0.4, 0.5) is 0 Å². The lowest BCUT2D eigenvalue weighted by Crippen LogP contribution is -1.82. The van der Waals surface area contributed by atoms with E-state index in [1.165, 1.54) is 5.56 Å². The Kier molecular flexibility index (Phi) is 2.11. The number of benzene rings is 1. The van der Waals surface area contributed by atoms with Gasteiger partial charge in [-0.05, 0) is 46.2 Å². The van der Waals surface area contributed by atoms with Crippen molar-refractivity contribution in [3.05, 3.63) is 47.3 Å². The number of phenolic OH excluding ortho intramolecular Hbond substituents is 1. The molecule has 0 bridgehead atoms. The van der Waals surface area contributed by atoms with E-state index < -0.39 is 0 Å². The van der Waals surface area contributed by atoms with Gasteiger partial charge in [0.05, 0.1) is 5.52 Å². The molecule has 0 radical (unpaired) electrons. The Labute approximate surface area is 96.8 Å². The number of thiophene rings is 1. The second-order valence-electron chi connectivity index (χ2n) is 3.57. The third-order valence-electron chi connectivity index (χ3n) is 2.56. The fourth-order valence-corrected chi connectivity index (χ4v) is 2.46. The van der Waals surface area contributed by atoms with Crippen molar-refractivity contribution in [1.29, 1.82) is 0 Å². The normalized spacial score (nSPS) is 10.8. The lowest BCUT2D eigenvalue weighted by molar-refractivity contribution is 0.476. The monoisotopic (exact) mass is 227 g/mol. The second kappa shape index (κ2) is 3.61. The summed E-state index contributed by atoms with van der Waals surface area (Å²) in [5.74, 6) is 0.252. The molecule has 0 amide bonds. The van der Waals surface area contributed by atoms with E-state index in [9.17, 15) is 5.11 Å². The SMILES string of the molecule is Oc1ccc2c(-c3ccsc3)ccnc2c1. The fourth-order valence-electron chi connectivity index (χ4n) is 1.81. The van der Waals surface area contributed by atoms with E-state index in [4.69, 9.17) is 0 Å². The van der Waals surface area contributed by atoms with Crippen molar-refractivity contribution in [3.63, 3.8) is 0 Å². The van der Waals surface area contributed by atoms with E-state index in [1.807, 2.05) is 12.1 Å². The van der Waals surface area contributed by atoms with Gasteiger partial charge >= 0.3 is 0 Å². The first-order chi connectivity index (χ1) is 7.84. The van der Waals surface area contributed by atoms with E-state index in [-0.39, 0.29) is 5.75 Å². The van der Waals surface area contributed by atoms with Gasteiger partial charge in [-0.1, -0.05) is 0 Å². The fraction of sp³-hybridized carbons (Fsp3) is 0. The van der Waals surface area contributed by atoms with Gasteiger partial charge in [-0.2, -0.15) is 11.3 Å². The summed E-state index contributed by atoms with van der Waals surface area (Å²) in [5.41, 5.74) is 3.18. The van der Waals surface area contributed by atoms with Crippen LogP contribution in [-0.4, -0.2) is 10.1 Å². The molecule has 3 heteroatoms. The molecule has 2 heterocycles. The topological polar surface area (TPSA) is 33.1 Å². The van der Waals surface area contributed by atoms with Crippen LogP contribution in [0.3, 0.4) is 0 Å². The zero-order valence-corrected chi connectivity index (χ0v) is 9.24. The maximum atomic E-state index is 9.41. The van der Waals surface area contributed by atoms with Crippen molar-refractivity contribution < 1.29 is 5.11 Å². The minimum atomic E-state index is 0.252. The molecule has 2 aromatic heterocycles. The molecule has 16 heavy (non-hydrogen) atoms. The highest BCUT2D eigenvalue weighted by atomic mass is 32.1. The van der Waals surface area contributed by atoms with Gasteiger partial charge < -0.3 is 5.11 Å². The van der Waals surface area contributed by atoms with Crippen molar-refractivity contribution in [2.75, 3.05) is 0 Å². The highest BCUT2D eigenvalue weighted by Gasteiger charge is 2.05. The van der Waals surface area contributed by atoms with Crippen LogP contribution in [0.1, 0.15) is 0 Å². The lowest BCUT2D eigenvalue weighted by atomic mass is 10.0. The first-order valence-corrected chi connectivity index (χ1v) is 5.89. The molecule has 0 saturated carbocycles. The van der Waals surface area contributed by atoms with Gasteiger partial charge in [0.15, 0.2) is 0 Å². The van der Waals surface area contributed by atoms with Crippen molar-refractivity contribution >= 4 is 22.2 Å². The number of hydrogen-bond acceptors (Lipinski definition) is 3. The first-order valence-electron chi connectivity index (χ1n) is 4.95. The van der Waals surface area contributed by atoms with Crippen LogP contribution in [0.25, 0.3) is 22.0 Å². The number of nitrogens with zero attached hydrogens (tertiary/aromatic N) is 1. The molecule has 1 N–H and O–H groups in total. The van der Waals surface area contributed by atoms with Crippen molar-refractivity contribution in [1.82, 2.24) is 4.98 Å². The van der Waals surface area contributed by atoms with E-state index in [2.05, 4.69) is 21.8 Å². The molecule has 1 aromatic carbocycles. The highest BCUT2D eigenvalue weighted by Crippen LogP contribution is 2.30. The first kappa shape index (κ1) is 9.36. The van der Waals surface area contributed by atoms with Crippen molar-refractivity contribution in [2.45, 2.75) is 0 Å². The van der Waals surface area contributed by atoms with Crippen LogP contribution in [-0.2, 0) is 0 Å². The number of fused-ring (bicyclic) bond motifs is 1. The number of hydrogen-bond donors (Lipinski definition) is 1. The van der Waals surface area contributed by atoms with Crippen LogP contribution in [0.5, 0.6) is 5.75 Å². The lowest BCUT2D eigenvalue weighted by Gasteiger charge is -2.04. The van der Waals surface area contributed by atoms with E-state index >= 15 is 0 Å². The Balaban J connectivity index is 2.34. The van der Waals surface area contributed by atoms with Gasteiger partial charge in [0.1, 0.15) is 5.75 Å². The van der Waals surface area contributed by atoms with Crippen LogP contribution in [0.15, 0.2) is 47.3 Å². The number of rotatable bonds is 1. The zero-order valence-electron chi connectivity index (χ0n) is 8.42. The summed E-state index contributed by atoms with van der Waals surface area (Å²) in [7, 11) is 0. The number of phenols is 1. The number of aromatic nitrogens is 1. The second-order valence-corrected chi connectivity index (χ2v) is 4.35. The predicted molar refractivity (Wildman–Crippen MR) is 66.7 cm³/mol. The van der Waals surface area contributed by atoms with Crippen LogP contribution < -0.4 is 0 Å². The minimum Gasteiger partial charge on any atom is -0.508 e. The molecular weight excluding hydrogens is 218 g/mol. The van der Waals surface area contributed by atoms with Gasteiger partial charge in [0.25, 0.3) is 0 Å². The van der Waals surface area contributed by atoms with Gasteiger partial charge in [-0.15, -0.1) is 0 Å². The van der Waals surface area contributed by atoms with E-state index in [0.29, 0.717) is 0 Å². The summed E-state index contributed by atoms with van der Waals surface area (Å²) in [6.07, 6.45) is 1.77. The van der Waals surface area contributed by atoms with Gasteiger partial charge in [0.2, 0.25) is 0 Å². The Morgan fingerprint density at radius 3 is 2.88 bits per heavy atom. The number of pyridine rings is 1. The molecule has 0 aliphatic heterocycles. The maximum absolute atomic E-state index is 9.41. The molecule has 2 nitrogen and oxygen atoms in total.